The summed E-state index contributed by atoms with van der Waals surface area (Å²) in [4.78, 5) is 4.66. The van der Waals surface area contributed by atoms with Crippen LogP contribution < -0.4 is 15.1 Å². The molecule has 0 atom stereocenters. The first kappa shape index (κ1) is 27.2. The number of quaternary nitrogens is 1. The fourth-order valence-electron chi connectivity index (χ4n) is 7.00. The van der Waals surface area contributed by atoms with Gasteiger partial charge in [0.15, 0.2) is 0 Å². The Morgan fingerprint density at radius 1 is 0.468 bits per heavy atom. The molecule has 2 N–H and O–H groups in total. The number of nitrogens with two attached hydrogens (primary N) is 1. The Morgan fingerprint density at radius 2 is 1.04 bits per heavy atom. The van der Waals surface area contributed by atoms with E-state index in [-0.39, 0.29) is 0 Å². The highest BCUT2D eigenvalue weighted by Crippen LogP contribution is 2.43. The zero-order valence-electron chi connectivity index (χ0n) is 25.8. The van der Waals surface area contributed by atoms with E-state index in [2.05, 4.69) is 179 Å². The van der Waals surface area contributed by atoms with Crippen molar-refractivity contribution >= 4 is 71.9 Å². The third-order valence-electron chi connectivity index (χ3n) is 9.11. The normalized spacial score (nSPS) is 13.0. The van der Waals surface area contributed by atoms with E-state index in [1.165, 1.54) is 21.5 Å². The maximum atomic E-state index is 6.54. The number of anilines is 5. The number of benzene rings is 7. The number of para-hydroxylation sites is 3. The zero-order chi connectivity index (χ0) is 31.2. The molecule has 0 aliphatic carbocycles. The first-order valence-electron chi connectivity index (χ1n) is 16.1. The molecule has 0 fully saturated rings. The molecular formula is C43H32N3O+. The van der Waals surface area contributed by atoms with Crippen molar-refractivity contribution in [2.24, 2.45) is 0 Å². The van der Waals surface area contributed by atoms with Gasteiger partial charge in [-0.3, -0.25) is 0 Å². The van der Waals surface area contributed by atoms with Crippen LogP contribution in [0.15, 0.2) is 180 Å². The van der Waals surface area contributed by atoms with Crippen LogP contribution in [0.5, 0.6) is 0 Å². The lowest BCUT2D eigenvalue weighted by atomic mass is 9.96. The third-order valence-corrected chi connectivity index (χ3v) is 9.11. The first-order valence-corrected chi connectivity index (χ1v) is 16.1. The van der Waals surface area contributed by atoms with Gasteiger partial charge in [-0.15, -0.1) is 0 Å². The number of rotatable bonds is 6. The summed E-state index contributed by atoms with van der Waals surface area (Å²) in [5.74, 6) is 0. The van der Waals surface area contributed by atoms with Crippen molar-refractivity contribution in [3.05, 3.63) is 176 Å². The van der Waals surface area contributed by atoms with Crippen LogP contribution in [0.1, 0.15) is 0 Å². The Morgan fingerprint density at radius 3 is 1.72 bits per heavy atom. The molecular weight excluding hydrogens is 574 g/mol. The molecule has 1 aliphatic rings. The summed E-state index contributed by atoms with van der Waals surface area (Å²) < 4.78 is 6.54. The highest BCUT2D eigenvalue weighted by Gasteiger charge is 2.20. The van der Waals surface area contributed by atoms with E-state index in [4.69, 9.17) is 4.42 Å². The minimum Gasteiger partial charge on any atom is -0.455 e. The molecule has 7 aromatic carbocycles. The molecule has 2 heterocycles. The monoisotopic (exact) mass is 606 g/mol. The Hall–Kier alpha value is -6.10. The molecule has 224 valence electrons. The maximum absolute atomic E-state index is 6.54. The smallest absolute Gasteiger partial charge is 0.143 e. The van der Waals surface area contributed by atoms with Gasteiger partial charge >= 0.3 is 0 Å². The zero-order valence-corrected chi connectivity index (χ0v) is 25.8. The molecule has 0 saturated carbocycles. The van der Waals surface area contributed by atoms with Crippen molar-refractivity contribution in [1.82, 2.24) is 0 Å². The van der Waals surface area contributed by atoms with Crippen LogP contribution in [0, 0.1) is 0 Å². The summed E-state index contributed by atoms with van der Waals surface area (Å²) in [5.41, 5.74) is 8.55. The first-order chi connectivity index (χ1) is 23.3. The maximum Gasteiger partial charge on any atom is 0.143 e. The van der Waals surface area contributed by atoms with Gasteiger partial charge in [0.05, 0.1) is 11.9 Å². The van der Waals surface area contributed by atoms with Crippen LogP contribution in [-0.4, -0.2) is 6.54 Å². The van der Waals surface area contributed by atoms with Gasteiger partial charge in [-0.1, -0.05) is 78.9 Å². The molecule has 4 nitrogen and oxygen atoms in total. The molecule has 0 bridgehead atoms. The highest BCUT2D eigenvalue weighted by atomic mass is 16.3. The van der Waals surface area contributed by atoms with Crippen LogP contribution in [0.4, 0.5) is 28.4 Å². The third kappa shape index (κ3) is 4.66. The standard InChI is InChI=1S/C43H31N3O/c1-3-11-30(12-4-1)45(31-13-5-2-6-14-31)32-19-21-33(22-20-32)46(34-25-27-44-28-26-34)35-23-24-38-40(29-35)36-15-7-8-16-37(36)42-39-17-9-10-18-41(39)47-43(38)42/h1-27,29,44H,28H2/p+1. The van der Waals surface area contributed by atoms with Crippen molar-refractivity contribution in [2.75, 3.05) is 16.3 Å². The summed E-state index contributed by atoms with van der Waals surface area (Å²) in [5, 5.41) is 9.25. The molecule has 0 amide bonds. The molecule has 0 unspecified atom stereocenters. The second kappa shape index (κ2) is 11.4. The largest absolute Gasteiger partial charge is 0.455 e. The summed E-state index contributed by atoms with van der Waals surface area (Å²) in [6.45, 7) is 0.895. The molecule has 1 aromatic heterocycles. The number of hydrogen-bond donors (Lipinski definition) is 1. The van der Waals surface area contributed by atoms with Crippen LogP contribution in [0.2, 0.25) is 0 Å². The summed E-state index contributed by atoms with van der Waals surface area (Å²) >= 11 is 0. The second-order valence-corrected chi connectivity index (χ2v) is 11.9. The lowest BCUT2D eigenvalue weighted by Crippen LogP contribution is -2.78. The average Bonchev–Trinajstić information content (AvgIpc) is 3.54. The van der Waals surface area contributed by atoms with E-state index in [0.717, 1.165) is 62.6 Å². The van der Waals surface area contributed by atoms with Gasteiger partial charge in [0, 0.05) is 50.7 Å². The molecule has 8 aromatic rings. The van der Waals surface area contributed by atoms with Crippen LogP contribution in [-0.2, 0) is 0 Å². The van der Waals surface area contributed by atoms with Gasteiger partial charge in [0.25, 0.3) is 0 Å². The van der Waals surface area contributed by atoms with Gasteiger partial charge in [0.2, 0.25) is 0 Å². The lowest BCUT2D eigenvalue weighted by molar-refractivity contribution is -0.578. The predicted molar refractivity (Wildman–Crippen MR) is 196 cm³/mol. The van der Waals surface area contributed by atoms with E-state index in [1.807, 2.05) is 6.07 Å². The fourth-order valence-corrected chi connectivity index (χ4v) is 7.00. The Labute approximate surface area is 273 Å². The highest BCUT2D eigenvalue weighted by molar-refractivity contribution is 6.30. The Balaban J connectivity index is 1.21. The van der Waals surface area contributed by atoms with Crippen molar-refractivity contribution in [1.29, 1.82) is 0 Å². The van der Waals surface area contributed by atoms with E-state index < -0.39 is 0 Å². The molecule has 1 aliphatic heterocycles. The van der Waals surface area contributed by atoms with Crippen LogP contribution >= 0.6 is 0 Å². The Kier molecular flexibility index (Phi) is 6.58. The number of nitrogens with zero attached hydrogens (tertiary/aromatic N) is 2. The van der Waals surface area contributed by atoms with Crippen molar-refractivity contribution in [3.8, 4) is 0 Å². The van der Waals surface area contributed by atoms with E-state index >= 15 is 0 Å². The van der Waals surface area contributed by atoms with E-state index in [1.54, 1.807) is 0 Å². The minimum absolute atomic E-state index is 0.895. The second-order valence-electron chi connectivity index (χ2n) is 11.9. The van der Waals surface area contributed by atoms with Crippen LogP contribution in [0.3, 0.4) is 0 Å². The van der Waals surface area contributed by atoms with Crippen molar-refractivity contribution < 1.29 is 9.73 Å². The SMILES string of the molecule is C1=CC(N(c2ccc(N(c3ccccc3)c3ccccc3)cc2)c2ccc3c(c2)c2ccccc2c2c4ccccc4oc32)=CC[NH2+]1. The van der Waals surface area contributed by atoms with Gasteiger partial charge in [-0.05, 0) is 95.0 Å². The number of fused-ring (bicyclic) bond motifs is 8. The fraction of sp³-hybridized carbons (Fsp3) is 0.0233. The topological polar surface area (TPSA) is 36.2 Å². The molecule has 4 heteroatoms. The number of allylic oxidation sites excluding steroid dienone is 1. The quantitative estimate of drug-likeness (QED) is 0.191. The average molecular weight is 607 g/mol. The Bertz CT molecular complexity index is 2420. The molecule has 9 rings (SSSR count). The number of hydrogen-bond acceptors (Lipinski definition) is 3. The summed E-state index contributed by atoms with van der Waals surface area (Å²) in [7, 11) is 0. The van der Waals surface area contributed by atoms with Gasteiger partial charge in [-0.2, -0.15) is 0 Å². The van der Waals surface area contributed by atoms with Gasteiger partial charge in [0.1, 0.15) is 17.7 Å². The summed E-state index contributed by atoms with van der Waals surface area (Å²) in [6.07, 6.45) is 6.64. The van der Waals surface area contributed by atoms with Crippen molar-refractivity contribution in [3.63, 3.8) is 0 Å². The summed E-state index contributed by atoms with van der Waals surface area (Å²) in [6, 6.07) is 53.8. The van der Waals surface area contributed by atoms with E-state index in [9.17, 15) is 0 Å². The lowest BCUT2D eigenvalue weighted by Gasteiger charge is -2.29. The molecule has 0 radical (unpaired) electrons. The molecule has 0 spiro atoms. The van der Waals surface area contributed by atoms with E-state index in [0.29, 0.717) is 0 Å². The minimum atomic E-state index is 0.895. The van der Waals surface area contributed by atoms with Crippen LogP contribution in [0.25, 0.3) is 43.5 Å². The number of furan rings is 1. The molecule has 47 heavy (non-hydrogen) atoms. The molecule has 0 saturated heterocycles. The van der Waals surface area contributed by atoms with Gasteiger partial charge < -0.3 is 19.5 Å². The van der Waals surface area contributed by atoms with Crippen molar-refractivity contribution in [2.45, 2.75) is 0 Å². The van der Waals surface area contributed by atoms with Gasteiger partial charge in [-0.25, -0.2) is 0 Å². The predicted octanol–water partition coefficient (Wildman–Crippen LogP) is 10.5.